The molecule has 1 aromatic carbocycles. The van der Waals surface area contributed by atoms with Crippen LogP contribution in [0.4, 0.5) is 0 Å². The Labute approximate surface area is 121 Å². The summed E-state index contributed by atoms with van der Waals surface area (Å²) in [5.74, 6) is -1.30. The first-order chi connectivity index (χ1) is 8.81. The number of aliphatic carboxylic acids is 1. The van der Waals surface area contributed by atoms with Gasteiger partial charge >= 0.3 is 5.97 Å². The number of hydrogen-bond donors (Lipinski definition) is 1. The zero-order valence-corrected chi connectivity index (χ0v) is 12.2. The minimum atomic E-state index is -3.98. The highest BCUT2D eigenvalue weighted by Crippen LogP contribution is 2.41. The van der Waals surface area contributed by atoms with E-state index in [0.29, 0.717) is 12.8 Å². The Morgan fingerprint density at radius 1 is 1.16 bits per heavy atom. The summed E-state index contributed by atoms with van der Waals surface area (Å²) in [6.45, 7) is 0. The Morgan fingerprint density at radius 2 is 1.74 bits per heavy atom. The molecular formula is C12H12Cl2O4S. The molecule has 0 aliphatic heterocycles. The zero-order chi connectivity index (χ0) is 14.3. The van der Waals surface area contributed by atoms with Crippen molar-refractivity contribution in [1.82, 2.24) is 0 Å². The maximum Gasteiger partial charge on any atom is 0.325 e. The Kier molecular flexibility index (Phi) is 3.82. The van der Waals surface area contributed by atoms with Crippen molar-refractivity contribution in [3.63, 3.8) is 0 Å². The number of halogens is 2. The Hall–Kier alpha value is -0.780. The number of carbonyl (C=O) groups is 1. The van der Waals surface area contributed by atoms with Crippen molar-refractivity contribution in [3.8, 4) is 0 Å². The summed E-state index contributed by atoms with van der Waals surface area (Å²) in [5, 5.41) is 9.68. The molecular weight excluding hydrogens is 311 g/mol. The maximum atomic E-state index is 12.6. The van der Waals surface area contributed by atoms with Crippen molar-refractivity contribution in [2.24, 2.45) is 0 Å². The summed E-state index contributed by atoms with van der Waals surface area (Å²) in [4.78, 5) is 11.4. The molecule has 2 rings (SSSR count). The largest absolute Gasteiger partial charge is 0.480 e. The molecule has 7 heteroatoms. The molecule has 1 fully saturated rings. The lowest BCUT2D eigenvalue weighted by atomic mass is 10.1. The average Bonchev–Trinajstić information content (AvgIpc) is 2.83. The number of sulfone groups is 1. The van der Waals surface area contributed by atoms with Crippen molar-refractivity contribution in [1.29, 1.82) is 0 Å². The number of benzene rings is 1. The highest BCUT2D eigenvalue weighted by molar-refractivity contribution is 7.93. The van der Waals surface area contributed by atoms with Gasteiger partial charge in [-0.2, -0.15) is 0 Å². The van der Waals surface area contributed by atoms with Crippen LogP contribution in [0.1, 0.15) is 25.7 Å². The van der Waals surface area contributed by atoms with Gasteiger partial charge in [0.05, 0.1) is 14.9 Å². The second-order valence-corrected chi connectivity index (χ2v) is 7.66. The summed E-state index contributed by atoms with van der Waals surface area (Å²) in [6.07, 6.45) is 1.44. The first-order valence-electron chi connectivity index (χ1n) is 5.74. The number of rotatable bonds is 3. The molecule has 19 heavy (non-hydrogen) atoms. The van der Waals surface area contributed by atoms with Crippen LogP contribution in [0.5, 0.6) is 0 Å². The molecule has 0 spiro atoms. The molecule has 1 N–H and O–H groups in total. The van der Waals surface area contributed by atoms with Crippen LogP contribution in [0.2, 0.25) is 10.0 Å². The van der Waals surface area contributed by atoms with Crippen LogP contribution >= 0.6 is 23.2 Å². The van der Waals surface area contributed by atoms with Gasteiger partial charge in [0.2, 0.25) is 0 Å². The molecule has 0 atom stereocenters. The minimum Gasteiger partial charge on any atom is -0.480 e. The Bertz CT molecular complexity index is 619. The summed E-state index contributed by atoms with van der Waals surface area (Å²) in [5.41, 5.74) is 0. The van der Waals surface area contributed by atoms with Gasteiger partial charge in [0, 0.05) is 0 Å². The third-order valence-corrected chi connectivity index (χ3v) is 6.74. The lowest BCUT2D eigenvalue weighted by molar-refractivity contribution is -0.139. The summed E-state index contributed by atoms with van der Waals surface area (Å²) >= 11 is 11.6. The second-order valence-electron chi connectivity index (χ2n) is 4.59. The normalized spacial score (nSPS) is 18.4. The van der Waals surface area contributed by atoms with Gasteiger partial charge < -0.3 is 5.11 Å². The zero-order valence-electron chi connectivity index (χ0n) is 9.90. The van der Waals surface area contributed by atoms with Gasteiger partial charge in [0.15, 0.2) is 14.6 Å². The van der Waals surface area contributed by atoms with E-state index >= 15 is 0 Å². The molecule has 0 radical (unpaired) electrons. The first kappa shape index (κ1) is 14.6. The number of carboxylic acids is 1. The van der Waals surface area contributed by atoms with Gasteiger partial charge in [0.25, 0.3) is 0 Å². The van der Waals surface area contributed by atoms with Gasteiger partial charge in [-0.15, -0.1) is 0 Å². The Balaban J connectivity index is 2.58. The van der Waals surface area contributed by atoms with Gasteiger partial charge in [-0.05, 0) is 31.0 Å². The number of hydrogen-bond acceptors (Lipinski definition) is 3. The molecule has 0 saturated heterocycles. The van der Waals surface area contributed by atoms with Crippen LogP contribution in [0, 0.1) is 0 Å². The van der Waals surface area contributed by atoms with Crippen molar-refractivity contribution in [2.75, 3.05) is 0 Å². The van der Waals surface area contributed by atoms with Crippen molar-refractivity contribution in [3.05, 3.63) is 28.2 Å². The van der Waals surface area contributed by atoms with Crippen LogP contribution in [0.25, 0.3) is 0 Å². The average molecular weight is 323 g/mol. The topological polar surface area (TPSA) is 71.4 Å². The molecule has 0 heterocycles. The van der Waals surface area contributed by atoms with Gasteiger partial charge in [0.1, 0.15) is 0 Å². The molecule has 0 aromatic heterocycles. The third kappa shape index (κ3) is 2.24. The second kappa shape index (κ2) is 4.96. The van der Waals surface area contributed by atoms with Crippen LogP contribution in [-0.4, -0.2) is 24.2 Å². The summed E-state index contributed by atoms with van der Waals surface area (Å²) in [7, 11) is -3.98. The fraction of sp³-hybridized carbons (Fsp3) is 0.417. The van der Waals surface area contributed by atoms with Gasteiger partial charge in [-0.25, -0.2) is 8.42 Å². The predicted molar refractivity (Wildman–Crippen MR) is 72.5 cm³/mol. The SMILES string of the molecule is O=C(O)C1(S(=O)(=O)c2ccc(Cl)c(Cl)c2)CCCC1. The van der Waals surface area contributed by atoms with Crippen molar-refractivity contribution < 1.29 is 18.3 Å². The fourth-order valence-corrected chi connectivity index (χ4v) is 4.80. The standard InChI is InChI=1S/C12H12Cl2O4S/c13-9-4-3-8(7-10(9)14)19(17,18)12(11(15)16)5-1-2-6-12/h3-4,7H,1-2,5-6H2,(H,15,16). The lowest BCUT2D eigenvalue weighted by Crippen LogP contribution is -2.43. The highest BCUT2D eigenvalue weighted by atomic mass is 35.5. The quantitative estimate of drug-likeness (QED) is 0.927. The van der Waals surface area contributed by atoms with E-state index in [2.05, 4.69) is 0 Å². The van der Waals surface area contributed by atoms with E-state index in [-0.39, 0.29) is 27.8 Å². The van der Waals surface area contributed by atoms with E-state index in [9.17, 15) is 18.3 Å². The lowest BCUT2D eigenvalue weighted by Gasteiger charge is -2.24. The van der Waals surface area contributed by atoms with E-state index in [1.165, 1.54) is 18.2 Å². The predicted octanol–water partition coefficient (Wildman–Crippen LogP) is 3.16. The summed E-state index contributed by atoms with van der Waals surface area (Å²) in [6, 6.07) is 3.87. The van der Waals surface area contributed by atoms with E-state index in [0.717, 1.165) is 0 Å². The van der Waals surface area contributed by atoms with E-state index in [1.807, 2.05) is 0 Å². The van der Waals surface area contributed by atoms with E-state index < -0.39 is 20.6 Å². The monoisotopic (exact) mass is 322 g/mol. The number of carboxylic acid groups (broad SMARTS) is 1. The molecule has 1 aliphatic carbocycles. The molecule has 1 saturated carbocycles. The van der Waals surface area contributed by atoms with Gasteiger partial charge in [-0.1, -0.05) is 36.0 Å². The maximum absolute atomic E-state index is 12.6. The molecule has 104 valence electrons. The first-order valence-corrected chi connectivity index (χ1v) is 7.98. The van der Waals surface area contributed by atoms with Crippen LogP contribution in [0.3, 0.4) is 0 Å². The van der Waals surface area contributed by atoms with Crippen LogP contribution in [-0.2, 0) is 14.6 Å². The van der Waals surface area contributed by atoms with Gasteiger partial charge in [-0.3, -0.25) is 4.79 Å². The van der Waals surface area contributed by atoms with E-state index in [4.69, 9.17) is 23.2 Å². The molecule has 1 aliphatic rings. The molecule has 1 aromatic rings. The summed E-state index contributed by atoms with van der Waals surface area (Å²) < 4.78 is 23.4. The molecule has 0 unspecified atom stereocenters. The molecule has 0 amide bonds. The fourth-order valence-electron chi connectivity index (χ4n) is 2.41. The highest BCUT2D eigenvalue weighted by Gasteiger charge is 2.53. The third-order valence-electron chi connectivity index (χ3n) is 3.52. The molecule has 0 bridgehead atoms. The van der Waals surface area contributed by atoms with E-state index in [1.54, 1.807) is 0 Å². The smallest absolute Gasteiger partial charge is 0.325 e. The van der Waals surface area contributed by atoms with Crippen molar-refractivity contribution >= 4 is 39.0 Å². The van der Waals surface area contributed by atoms with Crippen molar-refractivity contribution in [2.45, 2.75) is 35.3 Å². The van der Waals surface area contributed by atoms with Crippen LogP contribution < -0.4 is 0 Å². The van der Waals surface area contributed by atoms with Crippen LogP contribution in [0.15, 0.2) is 23.1 Å². The molecule has 4 nitrogen and oxygen atoms in total. The Morgan fingerprint density at radius 3 is 2.21 bits per heavy atom. The minimum absolute atomic E-state index is 0.0915.